The fraction of sp³-hybridized carbons (Fsp3) is 0.200. The number of hydrogen-bond donors (Lipinski definition) is 4. The van der Waals surface area contributed by atoms with Crippen molar-refractivity contribution in [2.75, 3.05) is 0 Å². The molecular formula is C20H18N4O4. The van der Waals surface area contributed by atoms with Crippen molar-refractivity contribution in [2.45, 2.75) is 12.8 Å². The highest BCUT2D eigenvalue weighted by Gasteiger charge is 2.19. The van der Waals surface area contributed by atoms with E-state index >= 15 is 0 Å². The van der Waals surface area contributed by atoms with Gasteiger partial charge >= 0.3 is 0 Å². The van der Waals surface area contributed by atoms with Crippen LogP contribution < -0.4 is 11.5 Å². The van der Waals surface area contributed by atoms with Gasteiger partial charge in [-0.1, -0.05) is 12.1 Å². The summed E-state index contributed by atoms with van der Waals surface area (Å²) in [5.41, 5.74) is 12.0. The van der Waals surface area contributed by atoms with Crippen molar-refractivity contribution >= 4 is 11.8 Å². The molecule has 2 atom stereocenters. The normalized spacial score (nSPS) is 12.4. The van der Waals surface area contributed by atoms with E-state index in [9.17, 15) is 19.8 Å². The van der Waals surface area contributed by atoms with E-state index in [0.717, 1.165) is 0 Å². The van der Waals surface area contributed by atoms with Crippen LogP contribution in [0, 0.1) is 34.5 Å². The maximum Gasteiger partial charge on any atom is 0.235 e. The third-order valence-corrected chi connectivity index (χ3v) is 4.29. The number of nitrogens with two attached hydrogens (primary N) is 2. The summed E-state index contributed by atoms with van der Waals surface area (Å²) in [6.07, 6.45) is 0.107. The first kappa shape index (κ1) is 20.3. The molecular weight excluding hydrogens is 360 g/mol. The number of nitrogens with zero attached hydrogens (tertiary/aromatic N) is 2. The van der Waals surface area contributed by atoms with Gasteiger partial charge in [0.05, 0.1) is 12.1 Å². The Kier molecular flexibility index (Phi) is 6.20. The predicted octanol–water partition coefficient (Wildman–Crippen LogP) is 1.10. The second-order valence-corrected chi connectivity index (χ2v) is 6.28. The highest BCUT2D eigenvalue weighted by atomic mass is 16.3. The first-order valence-corrected chi connectivity index (χ1v) is 8.28. The number of amides is 2. The number of carbonyl (C=O) groups excluding carboxylic acids is 2. The van der Waals surface area contributed by atoms with Crippen LogP contribution in [-0.2, 0) is 22.4 Å². The number of benzene rings is 2. The van der Waals surface area contributed by atoms with Gasteiger partial charge in [-0.25, -0.2) is 0 Å². The van der Waals surface area contributed by atoms with E-state index < -0.39 is 23.7 Å². The quantitative estimate of drug-likeness (QED) is 0.561. The minimum atomic E-state index is -1.02. The fourth-order valence-electron chi connectivity index (χ4n) is 2.74. The van der Waals surface area contributed by atoms with Crippen LogP contribution in [-0.4, -0.2) is 22.0 Å². The molecule has 0 heterocycles. The second kappa shape index (κ2) is 8.56. The zero-order valence-electron chi connectivity index (χ0n) is 14.8. The lowest BCUT2D eigenvalue weighted by molar-refractivity contribution is -0.121. The average Bonchev–Trinajstić information content (AvgIpc) is 2.66. The number of nitriles is 2. The third-order valence-electron chi connectivity index (χ3n) is 4.29. The summed E-state index contributed by atoms with van der Waals surface area (Å²) >= 11 is 0. The van der Waals surface area contributed by atoms with Gasteiger partial charge in [-0.05, 0) is 48.2 Å². The Morgan fingerprint density at radius 3 is 1.46 bits per heavy atom. The molecule has 6 N–H and O–H groups in total. The number of aromatic hydroxyl groups is 2. The molecule has 28 heavy (non-hydrogen) atoms. The SMILES string of the molecule is N#C[C@@H](Cc1ccc(O)c(-c2cc(C[C@H](C#N)C(N)=O)ccc2O)c1)C(N)=O. The van der Waals surface area contributed by atoms with E-state index in [1.54, 1.807) is 12.1 Å². The van der Waals surface area contributed by atoms with Crippen LogP contribution in [0.1, 0.15) is 11.1 Å². The third kappa shape index (κ3) is 4.57. The summed E-state index contributed by atoms with van der Waals surface area (Å²) in [4.78, 5) is 22.6. The number of phenols is 2. The standard InChI is InChI=1S/C20H18N4O4/c21-9-13(19(23)27)5-11-1-3-17(25)15(7-11)16-8-12(2-4-18(16)26)6-14(10-22)20(24)28/h1-4,7-8,13-14,25-26H,5-6H2,(H2,23,27)(H2,24,28)/t13-,14-/m1/s1. The van der Waals surface area contributed by atoms with Gasteiger partial charge in [-0.15, -0.1) is 0 Å². The molecule has 2 amide bonds. The predicted molar refractivity (Wildman–Crippen MR) is 99.2 cm³/mol. The molecule has 2 aromatic carbocycles. The number of phenolic OH excluding ortho intramolecular Hbond substituents is 2. The molecule has 2 aromatic rings. The number of rotatable bonds is 7. The summed E-state index contributed by atoms with van der Waals surface area (Å²) in [6.45, 7) is 0. The lowest BCUT2D eigenvalue weighted by Gasteiger charge is -2.13. The molecule has 0 aromatic heterocycles. The van der Waals surface area contributed by atoms with Gasteiger partial charge in [0.2, 0.25) is 11.8 Å². The second-order valence-electron chi connectivity index (χ2n) is 6.28. The van der Waals surface area contributed by atoms with Gasteiger partial charge in [0, 0.05) is 11.1 Å². The molecule has 0 spiro atoms. The van der Waals surface area contributed by atoms with Gasteiger partial charge in [-0.2, -0.15) is 10.5 Å². The topological polar surface area (TPSA) is 174 Å². The summed E-state index contributed by atoms with van der Waals surface area (Å²) < 4.78 is 0. The van der Waals surface area contributed by atoms with E-state index in [-0.39, 0.29) is 35.5 Å². The maximum atomic E-state index is 11.3. The van der Waals surface area contributed by atoms with Gasteiger partial charge in [0.1, 0.15) is 23.3 Å². The van der Waals surface area contributed by atoms with Crippen LogP contribution in [0.5, 0.6) is 11.5 Å². The first-order chi connectivity index (χ1) is 13.3. The molecule has 2 rings (SSSR count). The summed E-state index contributed by atoms with van der Waals surface area (Å²) in [5.74, 6) is -3.81. The largest absolute Gasteiger partial charge is 0.507 e. The van der Waals surface area contributed by atoms with E-state index in [1.165, 1.54) is 24.3 Å². The van der Waals surface area contributed by atoms with Gasteiger partial charge < -0.3 is 21.7 Å². The van der Waals surface area contributed by atoms with Crippen LogP contribution in [0.25, 0.3) is 11.1 Å². The lowest BCUT2D eigenvalue weighted by Crippen LogP contribution is -2.23. The summed E-state index contributed by atoms with van der Waals surface area (Å²) in [5, 5.41) is 38.5. The average molecular weight is 378 g/mol. The van der Waals surface area contributed by atoms with E-state index in [0.29, 0.717) is 11.1 Å². The Morgan fingerprint density at radius 1 is 0.821 bits per heavy atom. The van der Waals surface area contributed by atoms with E-state index in [4.69, 9.17) is 22.0 Å². The summed E-state index contributed by atoms with van der Waals surface area (Å²) in [6, 6.07) is 12.6. The lowest BCUT2D eigenvalue weighted by atomic mass is 9.93. The van der Waals surface area contributed by atoms with E-state index in [2.05, 4.69) is 0 Å². The van der Waals surface area contributed by atoms with Crippen molar-refractivity contribution in [2.24, 2.45) is 23.3 Å². The zero-order valence-corrected chi connectivity index (χ0v) is 14.8. The van der Waals surface area contributed by atoms with Crippen LogP contribution in [0.15, 0.2) is 36.4 Å². The Morgan fingerprint density at radius 2 is 1.18 bits per heavy atom. The van der Waals surface area contributed by atoms with Crippen LogP contribution in [0.4, 0.5) is 0 Å². The molecule has 0 bridgehead atoms. The fourth-order valence-corrected chi connectivity index (χ4v) is 2.74. The number of primary amides is 2. The molecule has 0 fully saturated rings. The molecule has 0 unspecified atom stereocenters. The molecule has 142 valence electrons. The molecule has 0 saturated carbocycles. The minimum absolute atomic E-state index is 0.0533. The molecule has 0 radical (unpaired) electrons. The van der Waals surface area contributed by atoms with Crippen molar-refractivity contribution < 1.29 is 19.8 Å². The zero-order chi connectivity index (χ0) is 20.8. The van der Waals surface area contributed by atoms with E-state index in [1.807, 2.05) is 12.1 Å². The maximum absolute atomic E-state index is 11.3. The Labute approximate surface area is 161 Å². The Hall–Kier alpha value is -4.04. The first-order valence-electron chi connectivity index (χ1n) is 8.28. The van der Waals surface area contributed by atoms with Crippen LogP contribution in [0.2, 0.25) is 0 Å². The van der Waals surface area contributed by atoms with Gasteiger partial charge in [0.25, 0.3) is 0 Å². The Balaban J connectivity index is 2.44. The van der Waals surface area contributed by atoms with Gasteiger partial charge in [0.15, 0.2) is 0 Å². The van der Waals surface area contributed by atoms with Crippen molar-refractivity contribution in [1.82, 2.24) is 0 Å². The molecule has 0 saturated heterocycles. The molecule has 8 nitrogen and oxygen atoms in total. The number of hydrogen-bond acceptors (Lipinski definition) is 6. The molecule has 0 aliphatic heterocycles. The molecule has 0 aliphatic rings. The van der Waals surface area contributed by atoms with Crippen molar-refractivity contribution in [3.63, 3.8) is 0 Å². The van der Waals surface area contributed by atoms with Crippen LogP contribution in [0.3, 0.4) is 0 Å². The van der Waals surface area contributed by atoms with Crippen molar-refractivity contribution in [1.29, 1.82) is 10.5 Å². The van der Waals surface area contributed by atoms with Crippen molar-refractivity contribution in [3.05, 3.63) is 47.5 Å². The van der Waals surface area contributed by atoms with Crippen molar-refractivity contribution in [3.8, 4) is 34.8 Å². The smallest absolute Gasteiger partial charge is 0.235 e. The highest BCUT2D eigenvalue weighted by molar-refractivity contribution is 5.81. The Bertz CT molecular complexity index is 923. The summed E-state index contributed by atoms with van der Waals surface area (Å²) in [7, 11) is 0. The van der Waals surface area contributed by atoms with Crippen LogP contribution >= 0.6 is 0 Å². The highest BCUT2D eigenvalue weighted by Crippen LogP contribution is 2.37. The minimum Gasteiger partial charge on any atom is -0.507 e. The van der Waals surface area contributed by atoms with Gasteiger partial charge in [-0.3, -0.25) is 9.59 Å². The monoisotopic (exact) mass is 378 g/mol. The molecule has 0 aliphatic carbocycles. The molecule has 8 heteroatoms. The number of carbonyl (C=O) groups is 2.